The molecule has 0 radical (unpaired) electrons. The minimum Gasteiger partial charge on any atom is -0.403 e. The summed E-state index contributed by atoms with van der Waals surface area (Å²) in [6.45, 7) is 8.51. The number of rotatable bonds is 2. The van der Waals surface area contributed by atoms with Gasteiger partial charge in [-0.15, -0.1) is 0 Å². The first-order chi connectivity index (χ1) is 7.86. The Labute approximate surface area is 104 Å². The third-order valence-corrected chi connectivity index (χ3v) is 5.39. The van der Waals surface area contributed by atoms with Gasteiger partial charge in [-0.1, -0.05) is 0 Å². The third-order valence-electron chi connectivity index (χ3n) is 5.39. The van der Waals surface area contributed by atoms with E-state index in [-0.39, 0.29) is 18.3 Å². The molecule has 0 aromatic carbocycles. The van der Waals surface area contributed by atoms with Gasteiger partial charge in [-0.2, -0.15) is 0 Å². The molecule has 2 saturated carbocycles. The van der Waals surface area contributed by atoms with E-state index in [1.165, 1.54) is 12.8 Å². The second-order valence-corrected chi connectivity index (χ2v) is 6.86. The molecule has 0 aromatic rings. The zero-order chi connectivity index (χ0) is 12.4. The van der Waals surface area contributed by atoms with Gasteiger partial charge in [0, 0.05) is 12.9 Å². The largest absolute Gasteiger partial charge is 0.461 e. The molecule has 2 unspecified atom stereocenters. The molecule has 17 heavy (non-hydrogen) atoms. The van der Waals surface area contributed by atoms with E-state index >= 15 is 0 Å². The van der Waals surface area contributed by atoms with E-state index in [1.807, 2.05) is 7.11 Å². The molecule has 4 heteroatoms. The molecule has 1 saturated heterocycles. The molecule has 0 aromatic heterocycles. The van der Waals surface area contributed by atoms with Crippen LogP contribution in [-0.2, 0) is 14.0 Å². The van der Waals surface area contributed by atoms with E-state index in [1.54, 1.807) is 0 Å². The second kappa shape index (κ2) is 3.49. The Hall–Kier alpha value is -0.0551. The van der Waals surface area contributed by atoms with E-state index in [0.717, 1.165) is 11.8 Å². The first-order valence-corrected chi connectivity index (χ1v) is 6.74. The zero-order valence-corrected chi connectivity index (χ0v) is 11.5. The van der Waals surface area contributed by atoms with Crippen molar-refractivity contribution in [3.8, 4) is 0 Å². The maximum Gasteiger partial charge on any atom is 0.461 e. The van der Waals surface area contributed by atoms with Gasteiger partial charge < -0.3 is 14.0 Å². The fourth-order valence-corrected chi connectivity index (χ4v) is 3.48. The number of fused-ring (bicyclic) bond motifs is 1. The Morgan fingerprint density at radius 3 is 1.88 bits per heavy atom. The van der Waals surface area contributed by atoms with Crippen LogP contribution in [0.2, 0.25) is 5.82 Å². The minimum absolute atomic E-state index is 0.00723. The highest BCUT2D eigenvalue weighted by molar-refractivity contribution is 6.49. The van der Waals surface area contributed by atoms with Gasteiger partial charge in [0.2, 0.25) is 0 Å². The Kier molecular flexibility index (Phi) is 2.46. The summed E-state index contributed by atoms with van der Waals surface area (Å²) < 4.78 is 17.7. The van der Waals surface area contributed by atoms with Gasteiger partial charge in [-0.25, -0.2) is 0 Å². The van der Waals surface area contributed by atoms with Crippen LogP contribution in [0.3, 0.4) is 0 Å². The van der Waals surface area contributed by atoms with Gasteiger partial charge in [0.25, 0.3) is 0 Å². The summed E-state index contributed by atoms with van der Waals surface area (Å²) in [7, 11) is 1.83. The summed E-state index contributed by atoms with van der Waals surface area (Å²) in [5.41, 5.74) is -0.371. The predicted octanol–water partition coefficient (Wildman–Crippen LogP) is 2.50. The fraction of sp³-hybridized carbons (Fsp3) is 1.00. The van der Waals surface area contributed by atoms with Crippen molar-refractivity contribution in [3.05, 3.63) is 0 Å². The van der Waals surface area contributed by atoms with E-state index in [9.17, 15) is 0 Å². The van der Waals surface area contributed by atoms with Gasteiger partial charge in [0.05, 0.1) is 17.3 Å². The van der Waals surface area contributed by atoms with Gasteiger partial charge in [0.1, 0.15) is 0 Å². The van der Waals surface area contributed by atoms with Crippen LogP contribution >= 0.6 is 0 Å². The van der Waals surface area contributed by atoms with E-state index < -0.39 is 0 Å². The Balaban J connectivity index is 1.64. The van der Waals surface area contributed by atoms with Crippen molar-refractivity contribution in [2.75, 3.05) is 7.11 Å². The summed E-state index contributed by atoms with van der Waals surface area (Å²) in [4.78, 5) is 0. The van der Waals surface area contributed by atoms with Crippen LogP contribution in [0.15, 0.2) is 0 Å². The average Bonchev–Trinajstić information content (AvgIpc) is 2.61. The standard InChI is InChI=1S/C13H23BO3/c1-12(2)13(3,4)17-14(16-12)11-9-6-8(15-5)7-10(9)11/h8-11H,6-7H2,1-5H3. The summed E-state index contributed by atoms with van der Waals surface area (Å²) in [5.74, 6) is 2.16. The highest BCUT2D eigenvalue weighted by Crippen LogP contribution is 2.65. The lowest BCUT2D eigenvalue weighted by molar-refractivity contribution is 0.00578. The Morgan fingerprint density at radius 2 is 1.47 bits per heavy atom. The van der Waals surface area contributed by atoms with E-state index in [4.69, 9.17) is 14.0 Å². The molecular weight excluding hydrogens is 215 g/mol. The fourth-order valence-electron chi connectivity index (χ4n) is 3.48. The Morgan fingerprint density at radius 1 is 1.00 bits per heavy atom. The van der Waals surface area contributed by atoms with Crippen molar-refractivity contribution in [2.45, 2.75) is 63.7 Å². The Bertz CT molecular complexity index is 301. The van der Waals surface area contributed by atoms with Crippen molar-refractivity contribution < 1.29 is 14.0 Å². The van der Waals surface area contributed by atoms with Gasteiger partial charge >= 0.3 is 7.12 Å². The number of ether oxygens (including phenoxy) is 1. The van der Waals surface area contributed by atoms with Crippen LogP contribution in [0.1, 0.15) is 40.5 Å². The van der Waals surface area contributed by atoms with Gasteiger partial charge in [-0.3, -0.25) is 0 Å². The van der Waals surface area contributed by atoms with Crippen LogP contribution in [0.5, 0.6) is 0 Å². The van der Waals surface area contributed by atoms with Crippen LogP contribution in [0, 0.1) is 11.8 Å². The molecule has 2 aliphatic carbocycles. The van der Waals surface area contributed by atoms with Crippen molar-refractivity contribution >= 4 is 7.12 Å². The summed E-state index contributed by atoms with van der Waals surface area (Å²) in [6.07, 6.45) is 2.86. The molecule has 2 atom stereocenters. The zero-order valence-electron chi connectivity index (χ0n) is 11.5. The van der Waals surface area contributed by atoms with Crippen molar-refractivity contribution in [1.82, 2.24) is 0 Å². The summed E-state index contributed by atoms with van der Waals surface area (Å²) >= 11 is 0. The molecule has 1 heterocycles. The highest BCUT2D eigenvalue weighted by atomic mass is 16.7. The lowest BCUT2D eigenvalue weighted by Crippen LogP contribution is -2.41. The first kappa shape index (κ1) is 12.0. The molecule has 96 valence electrons. The van der Waals surface area contributed by atoms with Crippen molar-refractivity contribution in [3.63, 3.8) is 0 Å². The monoisotopic (exact) mass is 238 g/mol. The van der Waals surface area contributed by atoms with Crippen LogP contribution in [-0.4, -0.2) is 31.5 Å². The van der Waals surface area contributed by atoms with Crippen LogP contribution < -0.4 is 0 Å². The van der Waals surface area contributed by atoms with E-state index in [2.05, 4.69) is 27.7 Å². The van der Waals surface area contributed by atoms with Gasteiger partial charge in [-0.05, 0) is 52.4 Å². The lowest BCUT2D eigenvalue weighted by atomic mass is 9.77. The minimum atomic E-state index is -0.185. The quantitative estimate of drug-likeness (QED) is 0.692. The van der Waals surface area contributed by atoms with Crippen molar-refractivity contribution in [2.24, 2.45) is 11.8 Å². The molecule has 0 spiro atoms. The summed E-state index contributed by atoms with van der Waals surface area (Å²) in [5, 5.41) is 0. The molecular formula is C13H23BO3. The lowest BCUT2D eigenvalue weighted by Gasteiger charge is -2.32. The highest BCUT2D eigenvalue weighted by Gasteiger charge is 2.67. The molecule has 3 fully saturated rings. The molecule has 3 nitrogen and oxygen atoms in total. The molecule has 0 N–H and O–H groups in total. The van der Waals surface area contributed by atoms with Gasteiger partial charge in [0.15, 0.2) is 0 Å². The molecule has 1 aliphatic heterocycles. The summed E-state index contributed by atoms with van der Waals surface area (Å²) in [6, 6.07) is 0. The molecule has 3 aliphatic rings. The molecule has 0 amide bonds. The maximum atomic E-state index is 6.13. The first-order valence-electron chi connectivity index (χ1n) is 6.74. The number of hydrogen-bond acceptors (Lipinski definition) is 3. The third kappa shape index (κ3) is 1.68. The maximum absolute atomic E-state index is 6.13. The molecule has 0 bridgehead atoms. The topological polar surface area (TPSA) is 27.7 Å². The average molecular weight is 238 g/mol. The number of hydrogen-bond donors (Lipinski definition) is 0. The predicted molar refractivity (Wildman–Crippen MR) is 66.8 cm³/mol. The molecule has 3 rings (SSSR count). The second-order valence-electron chi connectivity index (χ2n) is 6.86. The normalized spacial score (nSPS) is 46.1. The van der Waals surface area contributed by atoms with Crippen molar-refractivity contribution in [1.29, 1.82) is 0 Å². The number of methoxy groups -OCH3 is 1. The van der Waals surface area contributed by atoms with Crippen LogP contribution in [0.4, 0.5) is 0 Å². The smallest absolute Gasteiger partial charge is 0.403 e. The van der Waals surface area contributed by atoms with E-state index in [0.29, 0.717) is 11.9 Å². The van der Waals surface area contributed by atoms with Crippen LogP contribution in [0.25, 0.3) is 0 Å². The SMILES string of the molecule is COC1CC2C(C1)C2B1OC(C)(C)C(C)(C)O1.